The van der Waals surface area contributed by atoms with E-state index < -0.39 is 0 Å². The summed E-state index contributed by atoms with van der Waals surface area (Å²) in [4.78, 5) is 30.7. The average Bonchev–Trinajstić information content (AvgIpc) is 2.74. The van der Waals surface area contributed by atoms with Gasteiger partial charge in [-0.2, -0.15) is 0 Å². The second-order valence-corrected chi connectivity index (χ2v) is 8.23. The highest BCUT2D eigenvalue weighted by Gasteiger charge is 2.16. The highest BCUT2D eigenvalue weighted by Crippen LogP contribution is 2.27. The number of hydrogen-bond acceptors (Lipinski definition) is 3. The van der Waals surface area contributed by atoms with Gasteiger partial charge in [0.05, 0.1) is 10.9 Å². The van der Waals surface area contributed by atoms with Crippen molar-refractivity contribution in [2.75, 3.05) is 5.32 Å². The van der Waals surface area contributed by atoms with Crippen LogP contribution in [0.15, 0.2) is 47.3 Å². The number of aryl methyl sites for hydroxylation is 1. The quantitative estimate of drug-likeness (QED) is 0.645. The molecule has 1 amide bonds. The van der Waals surface area contributed by atoms with Crippen molar-refractivity contribution in [2.45, 2.75) is 64.8 Å². The molecule has 5 heteroatoms. The number of carbonyl (C=O) groups is 1. The van der Waals surface area contributed by atoms with Crippen molar-refractivity contribution in [3.05, 3.63) is 69.8 Å². The Bertz CT molecular complexity index is 1130. The van der Waals surface area contributed by atoms with E-state index in [0.717, 1.165) is 55.7 Å². The molecule has 0 aliphatic carbocycles. The molecule has 4 rings (SSSR count). The number of nitrogens with one attached hydrogen (secondary N) is 1. The molecule has 0 bridgehead atoms. The summed E-state index contributed by atoms with van der Waals surface area (Å²) in [6.45, 7) is 5.03. The lowest BCUT2D eigenvalue weighted by Crippen LogP contribution is -2.26. The fourth-order valence-electron chi connectivity index (χ4n) is 4.19. The molecule has 0 fully saturated rings. The van der Waals surface area contributed by atoms with Gasteiger partial charge in [0, 0.05) is 24.2 Å². The Morgan fingerprint density at radius 2 is 1.93 bits per heavy atom. The van der Waals surface area contributed by atoms with Crippen molar-refractivity contribution in [1.82, 2.24) is 9.55 Å². The molecule has 30 heavy (non-hydrogen) atoms. The molecule has 2 heterocycles. The van der Waals surface area contributed by atoms with Crippen LogP contribution in [-0.2, 0) is 13.0 Å². The topological polar surface area (TPSA) is 64.0 Å². The summed E-state index contributed by atoms with van der Waals surface area (Å²) in [5.74, 6) is 1.02. The molecule has 3 aromatic rings. The normalized spacial score (nSPS) is 15.1. The maximum atomic E-state index is 13.0. The van der Waals surface area contributed by atoms with Gasteiger partial charge in [-0.25, -0.2) is 4.98 Å². The first-order valence-corrected chi connectivity index (χ1v) is 11.0. The zero-order chi connectivity index (χ0) is 21.1. The average molecular weight is 404 g/mol. The molecule has 0 spiro atoms. The summed E-state index contributed by atoms with van der Waals surface area (Å²) in [6.07, 6.45) is 6.19. The summed E-state index contributed by atoms with van der Waals surface area (Å²) in [6, 6.07) is 13.1. The highest BCUT2D eigenvalue weighted by molar-refractivity contribution is 6.06. The molecular weight excluding hydrogens is 374 g/mol. The van der Waals surface area contributed by atoms with Gasteiger partial charge in [0.15, 0.2) is 0 Å². The fraction of sp³-hybridized carbons (Fsp3) is 0.400. The number of amides is 1. The van der Waals surface area contributed by atoms with Crippen molar-refractivity contribution >= 4 is 22.5 Å². The number of anilines is 1. The molecule has 1 N–H and O–H groups in total. The Labute approximate surface area is 177 Å². The largest absolute Gasteiger partial charge is 0.322 e. The van der Waals surface area contributed by atoms with Gasteiger partial charge < -0.3 is 5.32 Å². The minimum absolute atomic E-state index is 0.00553. The van der Waals surface area contributed by atoms with Crippen molar-refractivity contribution < 1.29 is 4.79 Å². The second kappa shape index (κ2) is 8.82. The molecule has 0 saturated heterocycles. The first kappa shape index (κ1) is 20.3. The fourth-order valence-corrected chi connectivity index (χ4v) is 4.19. The van der Waals surface area contributed by atoms with Gasteiger partial charge >= 0.3 is 0 Å². The Balaban J connectivity index is 1.68. The van der Waals surface area contributed by atoms with Gasteiger partial charge in [0.1, 0.15) is 5.82 Å². The lowest BCUT2D eigenvalue weighted by molar-refractivity contribution is 0.102. The molecule has 2 aromatic carbocycles. The maximum Gasteiger partial charge on any atom is 0.261 e. The number of rotatable bonds is 4. The van der Waals surface area contributed by atoms with Crippen LogP contribution in [0.3, 0.4) is 0 Å². The van der Waals surface area contributed by atoms with Gasteiger partial charge in [-0.1, -0.05) is 44.9 Å². The second-order valence-electron chi connectivity index (χ2n) is 8.23. The van der Waals surface area contributed by atoms with Gasteiger partial charge in [0.2, 0.25) is 0 Å². The van der Waals surface area contributed by atoms with Crippen molar-refractivity contribution in [3.63, 3.8) is 0 Å². The Kier molecular flexibility index (Phi) is 5.98. The molecule has 156 valence electrons. The van der Waals surface area contributed by atoms with Gasteiger partial charge in [-0.05, 0) is 55.0 Å². The number of fused-ring (bicyclic) bond motifs is 2. The summed E-state index contributed by atoms with van der Waals surface area (Å²) in [7, 11) is 0. The predicted molar refractivity (Wildman–Crippen MR) is 121 cm³/mol. The van der Waals surface area contributed by atoms with E-state index in [4.69, 9.17) is 4.98 Å². The third-order valence-corrected chi connectivity index (χ3v) is 6.18. The van der Waals surface area contributed by atoms with Crippen molar-refractivity contribution in [1.29, 1.82) is 0 Å². The molecule has 1 aliphatic heterocycles. The molecule has 0 radical (unpaired) electrons. The van der Waals surface area contributed by atoms with Crippen LogP contribution in [0.5, 0.6) is 0 Å². The van der Waals surface area contributed by atoms with Gasteiger partial charge in [-0.3, -0.25) is 14.2 Å². The van der Waals surface area contributed by atoms with Gasteiger partial charge in [-0.15, -0.1) is 0 Å². The lowest BCUT2D eigenvalue weighted by atomic mass is 9.96. The Hall–Kier alpha value is -2.95. The SMILES string of the molecule is CC[C@@H](C)c1ccccc1NC(=O)c1ccc2c(=O)n3c(nc2c1)CCCCCC3. The van der Waals surface area contributed by atoms with E-state index in [-0.39, 0.29) is 11.5 Å². The molecule has 1 atom stereocenters. The highest BCUT2D eigenvalue weighted by atomic mass is 16.1. The standard InChI is InChI=1S/C25H29N3O2/c1-3-17(2)19-10-7-8-11-21(19)27-24(29)18-13-14-20-22(16-18)26-23-12-6-4-5-9-15-28(23)25(20)30/h7-8,10-11,13-14,16-17H,3-6,9,12,15H2,1-2H3,(H,27,29)/t17-/m1/s1. The van der Waals surface area contributed by atoms with E-state index in [0.29, 0.717) is 22.4 Å². The van der Waals surface area contributed by atoms with Crippen molar-refractivity contribution in [3.8, 4) is 0 Å². The number of aromatic nitrogens is 2. The Morgan fingerprint density at radius 1 is 1.13 bits per heavy atom. The third kappa shape index (κ3) is 4.02. The number of nitrogens with zero attached hydrogens (tertiary/aromatic N) is 2. The van der Waals surface area contributed by atoms with Crippen LogP contribution in [0.25, 0.3) is 10.9 Å². The summed E-state index contributed by atoms with van der Waals surface area (Å²) < 4.78 is 1.82. The van der Waals surface area contributed by atoms with Crippen LogP contribution in [0.1, 0.15) is 73.6 Å². The smallest absolute Gasteiger partial charge is 0.261 e. The van der Waals surface area contributed by atoms with Crippen LogP contribution in [0.4, 0.5) is 5.69 Å². The number of carbonyl (C=O) groups excluding carboxylic acids is 1. The van der Waals surface area contributed by atoms with E-state index in [2.05, 4.69) is 25.2 Å². The van der Waals surface area contributed by atoms with Crippen molar-refractivity contribution in [2.24, 2.45) is 0 Å². The van der Waals surface area contributed by atoms with E-state index in [9.17, 15) is 9.59 Å². The van der Waals surface area contributed by atoms with E-state index in [1.165, 1.54) is 6.42 Å². The number of benzene rings is 2. The molecular formula is C25H29N3O2. The van der Waals surface area contributed by atoms with Crippen LogP contribution in [0.2, 0.25) is 0 Å². The monoisotopic (exact) mass is 403 g/mol. The van der Waals surface area contributed by atoms with E-state index in [1.54, 1.807) is 18.2 Å². The maximum absolute atomic E-state index is 13.0. The van der Waals surface area contributed by atoms with Crippen LogP contribution >= 0.6 is 0 Å². The molecule has 0 saturated carbocycles. The van der Waals surface area contributed by atoms with Crippen LogP contribution < -0.4 is 10.9 Å². The predicted octanol–water partition coefficient (Wildman–Crippen LogP) is 5.28. The summed E-state index contributed by atoms with van der Waals surface area (Å²) >= 11 is 0. The summed E-state index contributed by atoms with van der Waals surface area (Å²) in [5.41, 5.74) is 3.10. The Morgan fingerprint density at radius 3 is 2.77 bits per heavy atom. The first-order valence-electron chi connectivity index (χ1n) is 11.0. The number of para-hydroxylation sites is 1. The zero-order valence-electron chi connectivity index (χ0n) is 17.8. The zero-order valence-corrected chi connectivity index (χ0v) is 17.8. The molecule has 5 nitrogen and oxygen atoms in total. The summed E-state index contributed by atoms with van der Waals surface area (Å²) in [5, 5.41) is 3.63. The van der Waals surface area contributed by atoms with E-state index in [1.807, 2.05) is 22.8 Å². The molecule has 0 unspecified atom stereocenters. The number of hydrogen-bond donors (Lipinski definition) is 1. The third-order valence-electron chi connectivity index (χ3n) is 6.18. The van der Waals surface area contributed by atoms with Crippen LogP contribution in [-0.4, -0.2) is 15.5 Å². The lowest BCUT2D eigenvalue weighted by Gasteiger charge is -2.17. The van der Waals surface area contributed by atoms with Gasteiger partial charge in [0.25, 0.3) is 11.5 Å². The van der Waals surface area contributed by atoms with E-state index >= 15 is 0 Å². The van der Waals surface area contributed by atoms with Crippen LogP contribution in [0, 0.1) is 0 Å². The molecule has 1 aromatic heterocycles. The minimum atomic E-state index is -0.179. The first-order chi connectivity index (χ1) is 14.6. The minimum Gasteiger partial charge on any atom is -0.322 e. The molecule has 1 aliphatic rings.